The normalized spacial score (nSPS) is 20.4. The van der Waals surface area contributed by atoms with Crippen LogP contribution < -0.4 is 5.32 Å². The Balaban J connectivity index is 2.21. The maximum absolute atomic E-state index is 13.1. The highest BCUT2D eigenvalue weighted by atomic mass is 16.7. The van der Waals surface area contributed by atoms with E-state index in [1.165, 1.54) is 205 Å². The molecule has 1 aliphatic heterocycles. The Hall–Kier alpha value is -1.15. The summed E-state index contributed by atoms with van der Waals surface area (Å²) in [7, 11) is 0. The molecule has 1 amide bonds. The monoisotopic (exact) mass is 984 g/mol. The SMILES string of the molecule is CCCCCCCCCCCCCCCCCCCCCCCCCCCC/C=C/CCCC(O)C(O)C(COC1OC(CO)C(O)C(O)C1O)NC(=O)C(O)CCCCCCCCCCCCC. The summed E-state index contributed by atoms with van der Waals surface area (Å²) in [4.78, 5) is 13.1. The molecule has 9 unspecified atom stereocenters. The van der Waals surface area contributed by atoms with Crippen LogP contribution in [0.15, 0.2) is 12.2 Å². The first-order chi connectivity index (χ1) is 33.7. The lowest BCUT2D eigenvalue weighted by molar-refractivity contribution is -0.303. The van der Waals surface area contributed by atoms with Gasteiger partial charge >= 0.3 is 0 Å². The van der Waals surface area contributed by atoms with Gasteiger partial charge in [0.15, 0.2) is 6.29 Å². The van der Waals surface area contributed by atoms with Gasteiger partial charge in [-0.2, -0.15) is 0 Å². The lowest BCUT2D eigenvalue weighted by Gasteiger charge is -2.40. The molecule has 1 fully saturated rings. The third kappa shape index (κ3) is 36.4. The molecule has 1 rings (SSSR count). The molecule has 0 spiro atoms. The van der Waals surface area contributed by atoms with Crippen LogP contribution >= 0.6 is 0 Å². The Morgan fingerprint density at radius 3 is 1.25 bits per heavy atom. The van der Waals surface area contributed by atoms with Gasteiger partial charge in [-0.15, -0.1) is 0 Å². The molecule has 0 saturated carbocycles. The number of amides is 1. The zero-order chi connectivity index (χ0) is 50.4. The van der Waals surface area contributed by atoms with Crippen LogP contribution in [0.25, 0.3) is 0 Å². The molecule has 1 heterocycles. The number of rotatable bonds is 51. The van der Waals surface area contributed by atoms with Crippen LogP contribution in [0.3, 0.4) is 0 Å². The van der Waals surface area contributed by atoms with Crippen molar-refractivity contribution in [1.29, 1.82) is 0 Å². The average Bonchev–Trinajstić information content (AvgIpc) is 3.35. The highest BCUT2D eigenvalue weighted by Crippen LogP contribution is 2.23. The molecular weight excluding hydrogens is 871 g/mol. The molecule has 9 atom stereocenters. The summed E-state index contributed by atoms with van der Waals surface area (Å²) in [6.45, 7) is 3.45. The summed E-state index contributed by atoms with van der Waals surface area (Å²) in [5.74, 6) is -0.704. The standard InChI is InChI=1S/C58H113NO10/c1-3-5-7-9-11-13-15-16-17-18-19-20-21-22-23-24-25-26-27-28-29-30-31-32-33-34-36-37-39-41-43-45-50(61)53(63)49(48-68-58-56(66)55(65)54(64)52(47-60)69-58)59-57(67)51(62)46-44-42-40-38-35-14-12-10-8-6-4-2/h37,39,49-56,58,60-66H,3-36,38,40-48H2,1-2H3,(H,59,67)/b39-37+. The van der Waals surface area contributed by atoms with Gasteiger partial charge < -0.3 is 50.5 Å². The van der Waals surface area contributed by atoms with E-state index in [1.54, 1.807) is 0 Å². The number of carbonyl (C=O) groups excluding carboxylic acids is 1. The smallest absolute Gasteiger partial charge is 0.249 e. The molecule has 69 heavy (non-hydrogen) atoms. The number of unbranched alkanes of at least 4 members (excludes halogenated alkanes) is 37. The second kappa shape index (κ2) is 47.8. The van der Waals surface area contributed by atoms with E-state index in [4.69, 9.17) is 9.47 Å². The predicted molar refractivity (Wildman–Crippen MR) is 284 cm³/mol. The summed E-state index contributed by atoms with van der Waals surface area (Å²) < 4.78 is 11.1. The Labute approximate surface area is 423 Å². The molecule has 1 saturated heterocycles. The summed E-state index contributed by atoms with van der Waals surface area (Å²) in [6.07, 6.45) is 44.5. The molecule has 11 nitrogen and oxygen atoms in total. The maximum atomic E-state index is 13.1. The van der Waals surface area contributed by atoms with E-state index in [-0.39, 0.29) is 12.8 Å². The van der Waals surface area contributed by atoms with Crippen molar-refractivity contribution in [2.75, 3.05) is 13.2 Å². The first-order valence-electron chi connectivity index (χ1n) is 29.6. The van der Waals surface area contributed by atoms with Crippen LogP contribution in [0, 0.1) is 0 Å². The number of nitrogens with one attached hydrogen (secondary N) is 1. The van der Waals surface area contributed by atoms with Crippen molar-refractivity contribution >= 4 is 5.91 Å². The van der Waals surface area contributed by atoms with Crippen molar-refractivity contribution in [3.63, 3.8) is 0 Å². The van der Waals surface area contributed by atoms with E-state index in [2.05, 4.69) is 31.3 Å². The Morgan fingerprint density at radius 2 is 0.855 bits per heavy atom. The van der Waals surface area contributed by atoms with Gasteiger partial charge in [0.1, 0.15) is 36.6 Å². The van der Waals surface area contributed by atoms with Gasteiger partial charge in [-0.3, -0.25) is 4.79 Å². The number of ether oxygens (including phenoxy) is 2. The minimum Gasteiger partial charge on any atom is -0.394 e. The molecule has 0 radical (unpaired) electrons. The topological polar surface area (TPSA) is 189 Å². The summed E-state index contributed by atoms with van der Waals surface area (Å²) >= 11 is 0. The lowest BCUT2D eigenvalue weighted by atomic mass is 9.98. The number of carbonyl (C=O) groups is 1. The molecule has 1 aliphatic rings. The number of allylic oxidation sites excluding steroid dienone is 2. The maximum Gasteiger partial charge on any atom is 0.249 e. The quantitative estimate of drug-likeness (QED) is 0.0215. The van der Waals surface area contributed by atoms with E-state index in [9.17, 15) is 40.5 Å². The zero-order valence-electron chi connectivity index (χ0n) is 44.8. The molecular formula is C58H113NO10. The van der Waals surface area contributed by atoms with Crippen molar-refractivity contribution in [2.45, 2.75) is 339 Å². The van der Waals surface area contributed by atoms with E-state index < -0.39 is 74.2 Å². The number of aliphatic hydroxyl groups is 7. The van der Waals surface area contributed by atoms with Crippen molar-refractivity contribution < 1.29 is 50.0 Å². The molecule has 0 aliphatic carbocycles. The van der Waals surface area contributed by atoms with Crippen molar-refractivity contribution in [2.24, 2.45) is 0 Å². The molecule has 11 heteroatoms. The fourth-order valence-electron chi connectivity index (χ4n) is 9.74. The molecule has 410 valence electrons. The summed E-state index contributed by atoms with van der Waals surface area (Å²) in [5, 5.41) is 75.9. The minimum atomic E-state index is -1.66. The van der Waals surface area contributed by atoms with Crippen LogP contribution in [0.1, 0.15) is 284 Å². The van der Waals surface area contributed by atoms with Gasteiger partial charge in [-0.1, -0.05) is 257 Å². The third-order valence-corrected chi connectivity index (χ3v) is 14.6. The summed E-state index contributed by atoms with van der Waals surface area (Å²) in [5.41, 5.74) is 0. The molecule has 0 aromatic heterocycles. The Morgan fingerprint density at radius 1 is 0.493 bits per heavy atom. The third-order valence-electron chi connectivity index (χ3n) is 14.6. The predicted octanol–water partition coefficient (Wildman–Crippen LogP) is 12.4. The van der Waals surface area contributed by atoms with E-state index >= 15 is 0 Å². The highest BCUT2D eigenvalue weighted by Gasteiger charge is 2.44. The van der Waals surface area contributed by atoms with Crippen LogP contribution in [0.5, 0.6) is 0 Å². The van der Waals surface area contributed by atoms with E-state index in [0.29, 0.717) is 12.8 Å². The zero-order valence-corrected chi connectivity index (χ0v) is 44.8. The fourth-order valence-corrected chi connectivity index (χ4v) is 9.74. The Bertz CT molecular complexity index is 1130. The number of hydrogen-bond acceptors (Lipinski definition) is 10. The van der Waals surface area contributed by atoms with Crippen molar-refractivity contribution in [3.05, 3.63) is 12.2 Å². The lowest BCUT2D eigenvalue weighted by Crippen LogP contribution is -2.60. The second-order valence-corrected chi connectivity index (χ2v) is 21.1. The average molecular weight is 985 g/mol. The summed E-state index contributed by atoms with van der Waals surface area (Å²) in [6, 6.07) is -1.18. The van der Waals surface area contributed by atoms with Gasteiger partial charge in [0.05, 0.1) is 25.4 Å². The first kappa shape index (κ1) is 65.9. The number of hydrogen-bond donors (Lipinski definition) is 8. The van der Waals surface area contributed by atoms with Crippen LogP contribution in [0.2, 0.25) is 0 Å². The van der Waals surface area contributed by atoms with Crippen molar-refractivity contribution in [1.82, 2.24) is 5.32 Å². The first-order valence-corrected chi connectivity index (χ1v) is 29.6. The van der Waals surface area contributed by atoms with Gasteiger partial charge in [0.2, 0.25) is 5.91 Å². The van der Waals surface area contributed by atoms with Crippen LogP contribution in [-0.4, -0.2) is 110 Å². The Kier molecular flexibility index (Phi) is 45.7. The van der Waals surface area contributed by atoms with Crippen LogP contribution in [0.4, 0.5) is 0 Å². The van der Waals surface area contributed by atoms with Gasteiger partial charge in [-0.25, -0.2) is 0 Å². The van der Waals surface area contributed by atoms with Gasteiger partial charge in [-0.05, 0) is 38.5 Å². The molecule has 0 bridgehead atoms. The van der Waals surface area contributed by atoms with Gasteiger partial charge in [0.25, 0.3) is 0 Å². The molecule has 0 aromatic rings. The fraction of sp³-hybridized carbons (Fsp3) is 0.948. The highest BCUT2D eigenvalue weighted by molar-refractivity contribution is 5.80. The largest absolute Gasteiger partial charge is 0.394 e. The second-order valence-electron chi connectivity index (χ2n) is 21.1. The number of aliphatic hydroxyl groups excluding tert-OH is 7. The minimum absolute atomic E-state index is 0.258. The molecule has 8 N–H and O–H groups in total. The van der Waals surface area contributed by atoms with E-state index in [1.807, 2.05) is 0 Å². The van der Waals surface area contributed by atoms with Crippen molar-refractivity contribution in [3.8, 4) is 0 Å². The van der Waals surface area contributed by atoms with E-state index in [0.717, 1.165) is 38.5 Å². The van der Waals surface area contributed by atoms with Gasteiger partial charge in [0, 0.05) is 0 Å². The molecule has 0 aromatic carbocycles. The van der Waals surface area contributed by atoms with Crippen LogP contribution in [-0.2, 0) is 14.3 Å².